The number of aryl methyl sites for hydroxylation is 2. The van der Waals surface area contributed by atoms with Crippen LogP contribution in [0.4, 0.5) is 5.69 Å². The molecule has 0 aliphatic carbocycles. The number of aromatic nitrogens is 1. The minimum absolute atomic E-state index is 0.315. The Morgan fingerprint density at radius 1 is 1.42 bits per heavy atom. The molecule has 0 atom stereocenters. The number of ether oxygens (including phenoxy) is 1. The Morgan fingerprint density at radius 2 is 2.21 bits per heavy atom. The smallest absolute Gasteiger partial charge is 0.337 e. The summed E-state index contributed by atoms with van der Waals surface area (Å²) in [5, 5.41) is 6.40. The highest BCUT2D eigenvalue weighted by atomic mass is 32.1. The molecule has 0 fully saturated rings. The van der Waals surface area contributed by atoms with Crippen molar-refractivity contribution in [3.8, 4) is 0 Å². The van der Waals surface area contributed by atoms with Gasteiger partial charge in [-0.3, -0.25) is 0 Å². The highest BCUT2D eigenvalue weighted by Crippen LogP contribution is 2.19. The lowest BCUT2D eigenvalue weighted by atomic mass is 10.1. The number of hydrogen-bond acceptors (Lipinski definition) is 5. The lowest BCUT2D eigenvalue weighted by Crippen LogP contribution is -2.04. The van der Waals surface area contributed by atoms with Crippen LogP contribution in [-0.4, -0.2) is 18.1 Å². The number of nitrogens with zero attached hydrogens (tertiary/aromatic N) is 1. The quantitative estimate of drug-likeness (QED) is 0.872. The van der Waals surface area contributed by atoms with Crippen molar-refractivity contribution in [3.05, 3.63) is 45.4 Å². The van der Waals surface area contributed by atoms with Gasteiger partial charge < -0.3 is 10.1 Å². The first-order chi connectivity index (χ1) is 9.10. The van der Waals surface area contributed by atoms with Gasteiger partial charge in [0.05, 0.1) is 19.2 Å². The summed E-state index contributed by atoms with van der Waals surface area (Å²) in [5.41, 5.74) is 3.62. The minimum Gasteiger partial charge on any atom is -0.465 e. The second-order valence-corrected chi connectivity index (χ2v) is 5.20. The number of nitrogens with one attached hydrogen (secondary N) is 1. The number of carbonyl (C=O) groups excluding carboxylic acids is 1. The summed E-state index contributed by atoms with van der Waals surface area (Å²) >= 11 is 1.64. The summed E-state index contributed by atoms with van der Waals surface area (Å²) in [6.07, 6.45) is 0. The molecule has 0 aliphatic heterocycles. The van der Waals surface area contributed by atoms with Crippen molar-refractivity contribution in [2.45, 2.75) is 20.4 Å². The van der Waals surface area contributed by atoms with E-state index in [-0.39, 0.29) is 5.97 Å². The van der Waals surface area contributed by atoms with Gasteiger partial charge in [0.25, 0.3) is 0 Å². The average Bonchev–Trinajstić information content (AvgIpc) is 2.82. The predicted octanol–water partition coefficient (Wildman–Crippen LogP) is 3.16. The normalized spacial score (nSPS) is 10.3. The van der Waals surface area contributed by atoms with Crippen molar-refractivity contribution in [1.29, 1.82) is 0 Å². The van der Waals surface area contributed by atoms with Crippen LogP contribution in [0.15, 0.2) is 23.6 Å². The van der Waals surface area contributed by atoms with Crippen LogP contribution >= 0.6 is 11.3 Å². The van der Waals surface area contributed by atoms with Crippen LogP contribution in [0.2, 0.25) is 0 Å². The zero-order valence-electron chi connectivity index (χ0n) is 11.2. The largest absolute Gasteiger partial charge is 0.465 e. The van der Waals surface area contributed by atoms with Crippen LogP contribution in [0.1, 0.15) is 26.6 Å². The fourth-order valence-corrected chi connectivity index (χ4v) is 2.47. The SMILES string of the molecule is COC(=O)c1ccc(NCc2nc(C)cs2)c(C)c1. The highest BCUT2D eigenvalue weighted by molar-refractivity contribution is 7.09. The van der Waals surface area contributed by atoms with Crippen LogP contribution in [0.25, 0.3) is 0 Å². The molecule has 2 aromatic rings. The molecule has 100 valence electrons. The standard InChI is InChI=1S/C14H16N2O2S/c1-9-6-11(14(17)18-3)4-5-12(9)15-7-13-16-10(2)8-19-13/h4-6,8,15H,7H2,1-3H3. The molecule has 0 radical (unpaired) electrons. The van der Waals surface area contributed by atoms with Crippen molar-refractivity contribution in [3.63, 3.8) is 0 Å². The number of thiazole rings is 1. The number of benzene rings is 1. The van der Waals surface area contributed by atoms with E-state index in [1.54, 1.807) is 17.4 Å². The van der Waals surface area contributed by atoms with E-state index in [2.05, 4.69) is 10.3 Å². The molecule has 2 rings (SSSR count). The van der Waals surface area contributed by atoms with Gasteiger partial charge in [-0.25, -0.2) is 9.78 Å². The number of anilines is 1. The third-order valence-corrected chi connectivity index (χ3v) is 3.71. The molecular weight excluding hydrogens is 260 g/mol. The monoisotopic (exact) mass is 276 g/mol. The van der Waals surface area contributed by atoms with Crippen LogP contribution in [0.3, 0.4) is 0 Å². The fourth-order valence-electron chi connectivity index (χ4n) is 1.76. The van der Waals surface area contributed by atoms with E-state index < -0.39 is 0 Å². The second kappa shape index (κ2) is 5.84. The first-order valence-corrected chi connectivity index (χ1v) is 6.82. The van der Waals surface area contributed by atoms with Gasteiger partial charge in [0.2, 0.25) is 0 Å². The minimum atomic E-state index is -0.315. The van der Waals surface area contributed by atoms with Gasteiger partial charge in [0.1, 0.15) is 5.01 Å². The average molecular weight is 276 g/mol. The van der Waals surface area contributed by atoms with Gasteiger partial charge >= 0.3 is 5.97 Å². The van der Waals surface area contributed by atoms with Gasteiger partial charge in [-0.05, 0) is 37.6 Å². The molecule has 0 bridgehead atoms. The van der Waals surface area contributed by atoms with Crippen LogP contribution in [0.5, 0.6) is 0 Å². The zero-order valence-corrected chi connectivity index (χ0v) is 12.0. The zero-order chi connectivity index (χ0) is 13.8. The fraction of sp³-hybridized carbons (Fsp3) is 0.286. The van der Waals surface area contributed by atoms with Crippen molar-refractivity contribution < 1.29 is 9.53 Å². The summed E-state index contributed by atoms with van der Waals surface area (Å²) in [6.45, 7) is 4.63. The topological polar surface area (TPSA) is 51.2 Å². The number of carbonyl (C=O) groups is 1. The molecule has 0 aliphatic rings. The third-order valence-electron chi connectivity index (χ3n) is 2.74. The maximum atomic E-state index is 11.4. The Labute approximate surface area is 116 Å². The maximum absolute atomic E-state index is 11.4. The lowest BCUT2D eigenvalue weighted by molar-refractivity contribution is 0.0600. The second-order valence-electron chi connectivity index (χ2n) is 4.26. The molecule has 19 heavy (non-hydrogen) atoms. The van der Waals surface area contributed by atoms with E-state index in [0.717, 1.165) is 22.0 Å². The highest BCUT2D eigenvalue weighted by Gasteiger charge is 2.07. The first-order valence-electron chi connectivity index (χ1n) is 5.94. The number of rotatable bonds is 4. The summed E-state index contributed by atoms with van der Waals surface area (Å²) < 4.78 is 4.70. The van der Waals surface area contributed by atoms with Gasteiger partial charge in [-0.2, -0.15) is 0 Å². The molecule has 4 nitrogen and oxygen atoms in total. The molecule has 1 heterocycles. The van der Waals surface area contributed by atoms with Crippen LogP contribution in [-0.2, 0) is 11.3 Å². The molecule has 0 saturated heterocycles. The Bertz CT molecular complexity index is 593. The Morgan fingerprint density at radius 3 is 2.79 bits per heavy atom. The molecule has 0 saturated carbocycles. The molecule has 0 amide bonds. The third kappa shape index (κ3) is 3.32. The van der Waals surface area contributed by atoms with Gasteiger partial charge in [0.15, 0.2) is 0 Å². The number of esters is 1. The van der Waals surface area contributed by atoms with E-state index in [1.807, 2.05) is 31.4 Å². The number of methoxy groups -OCH3 is 1. The molecule has 1 N–H and O–H groups in total. The molecular formula is C14H16N2O2S. The molecule has 0 unspecified atom stereocenters. The molecule has 1 aromatic carbocycles. The first kappa shape index (κ1) is 13.5. The van der Waals surface area contributed by atoms with Crippen LogP contribution in [0, 0.1) is 13.8 Å². The van der Waals surface area contributed by atoms with E-state index >= 15 is 0 Å². The Balaban J connectivity index is 2.07. The summed E-state index contributed by atoms with van der Waals surface area (Å²) in [6, 6.07) is 5.47. The molecule has 1 aromatic heterocycles. The van der Waals surface area contributed by atoms with E-state index in [1.165, 1.54) is 7.11 Å². The maximum Gasteiger partial charge on any atom is 0.337 e. The van der Waals surface area contributed by atoms with Gasteiger partial charge in [0, 0.05) is 16.8 Å². The number of hydrogen-bond donors (Lipinski definition) is 1. The molecule has 5 heteroatoms. The summed E-state index contributed by atoms with van der Waals surface area (Å²) in [7, 11) is 1.38. The van der Waals surface area contributed by atoms with E-state index in [9.17, 15) is 4.79 Å². The Hall–Kier alpha value is -1.88. The van der Waals surface area contributed by atoms with Crippen molar-refractivity contribution in [1.82, 2.24) is 4.98 Å². The van der Waals surface area contributed by atoms with Crippen LogP contribution < -0.4 is 5.32 Å². The predicted molar refractivity (Wildman–Crippen MR) is 76.7 cm³/mol. The Kier molecular flexibility index (Phi) is 4.16. The summed E-state index contributed by atoms with van der Waals surface area (Å²) in [5.74, 6) is -0.315. The lowest BCUT2D eigenvalue weighted by Gasteiger charge is -2.09. The van der Waals surface area contributed by atoms with Crippen molar-refractivity contribution in [2.75, 3.05) is 12.4 Å². The van der Waals surface area contributed by atoms with Gasteiger partial charge in [-0.15, -0.1) is 11.3 Å². The van der Waals surface area contributed by atoms with Gasteiger partial charge in [-0.1, -0.05) is 0 Å². The van der Waals surface area contributed by atoms with Crippen molar-refractivity contribution >= 4 is 23.0 Å². The van der Waals surface area contributed by atoms with Crippen molar-refractivity contribution in [2.24, 2.45) is 0 Å². The van der Waals surface area contributed by atoms with E-state index in [0.29, 0.717) is 12.1 Å². The molecule has 0 spiro atoms. The van der Waals surface area contributed by atoms with E-state index in [4.69, 9.17) is 4.74 Å². The summed E-state index contributed by atoms with van der Waals surface area (Å²) in [4.78, 5) is 15.8.